The van der Waals surface area contributed by atoms with Gasteiger partial charge in [-0.2, -0.15) is 0 Å². The number of nitrogens with one attached hydrogen (secondary N) is 1. The summed E-state index contributed by atoms with van der Waals surface area (Å²) in [4.78, 5) is 88.6. The van der Waals surface area contributed by atoms with Crippen LogP contribution in [0.2, 0.25) is 5.02 Å². The van der Waals surface area contributed by atoms with Crippen LogP contribution in [0.1, 0.15) is 60.3 Å². The van der Waals surface area contributed by atoms with Crippen molar-refractivity contribution < 1.29 is 81.1 Å². The van der Waals surface area contributed by atoms with Gasteiger partial charge in [-0.1, -0.05) is 60.1 Å². The van der Waals surface area contributed by atoms with E-state index in [0.29, 0.717) is 5.56 Å². The fraction of sp³-hybridized carbons (Fsp3) is 0.415. The summed E-state index contributed by atoms with van der Waals surface area (Å²) in [6, 6.07) is 19.9. The smallest absolute Gasteiger partial charge is 0.338 e. The summed E-state index contributed by atoms with van der Waals surface area (Å²) in [5.41, 5.74) is -0.0982. The molecule has 3 aliphatic heterocycles. The molecule has 62 heavy (non-hydrogen) atoms. The molecule has 0 radical (unpaired) electrons. The summed E-state index contributed by atoms with van der Waals surface area (Å²) in [6.45, 7) is 3.42. The van der Waals surface area contributed by atoms with Crippen LogP contribution in [-0.4, -0.2) is 115 Å². The van der Waals surface area contributed by atoms with Crippen molar-refractivity contribution in [2.45, 2.75) is 95.3 Å². The largest absolute Gasteiger partial charge is 0.459 e. The molecule has 3 fully saturated rings. The second-order valence-corrected chi connectivity index (χ2v) is 14.5. The van der Waals surface area contributed by atoms with Crippen molar-refractivity contribution in [2.75, 3.05) is 13.2 Å². The first kappa shape index (κ1) is 45.5. The lowest BCUT2D eigenvalue weighted by Crippen LogP contribution is -2.69. The zero-order valence-electron chi connectivity index (χ0n) is 33.4. The van der Waals surface area contributed by atoms with Gasteiger partial charge in [-0.05, 0) is 24.3 Å². The number of rotatable bonds is 13. The van der Waals surface area contributed by atoms with Crippen molar-refractivity contribution >= 4 is 53.0 Å². The van der Waals surface area contributed by atoms with Crippen molar-refractivity contribution in [1.29, 1.82) is 0 Å². The first-order valence-corrected chi connectivity index (χ1v) is 19.4. The van der Waals surface area contributed by atoms with E-state index < -0.39 is 121 Å². The van der Waals surface area contributed by atoms with E-state index in [0.717, 1.165) is 39.8 Å². The minimum atomic E-state index is -1.74. The van der Waals surface area contributed by atoms with E-state index in [1.54, 1.807) is 48.5 Å². The summed E-state index contributed by atoms with van der Waals surface area (Å²) >= 11 is 5.96. The Bertz CT molecular complexity index is 2140. The average Bonchev–Trinajstić information content (AvgIpc) is 3.23. The van der Waals surface area contributed by atoms with Crippen LogP contribution >= 0.6 is 11.6 Å². The first-order valence-electron chi connectivity index (χ1n) is 19.0. The standard InChI is InChI=1S/C41H41ClN2O18/c1-20(45)55-33-31(62-41-36(58-23(4)48)34(56-21(2)46)32-30(60-41)19-54-40(61-32)25-13-9-6-10-14-25)29(18-53-39(50)24-11-7-5-8-12-24)59-38(35(33)57-22(3)47)43-37(49)26-15-16-27(42)28(17-26)44(51)52/h5-17,29-36,38,40-41H,18-19H2,1-4H3,(H,43,49)/t29-,30-,31-,32-,33+,34+,35-,36-,38-,40-,41-/m1/s1. The summed E-state index contributed by atoms with van der Waals surface area (Å²) in [6.07, 6.45) is -16.2. The van der Waals surface area contributed by atoms with Crippen molar-refractivity contribution in [3.05, 3.63) is 111 Å². The number of benzene rings is 3. The number of carbonyl (C=O) groups is 6. The van der Waals surface area contributed by atoms with Gasteiger partial charge in [-0.25, -0.2) is 4.79 Å². The lowest BCUT2D eigenvalue weighted by Gasteiger charge is -2.50. The van der Waals surface area contributed by atoms with Crippen molar-refractivity contribution in [1.82, 2.24) is 5.32 Å². The number of halogens is 1. The lowest BCUT2D eigenvalue weighted by molar-refractivity contribution is -0.384. The van der Waals surface area contributed by atoms with Crippen molar-refractivity contribution in [2.24, 2.45) is 0 Å². The number of nitrogens with zero attached hydrogens (tertiary/aromatic N) is 1. The van der Waals surface area contributed by atoms with Crippen LogP contribution in [-0.2, 0) is 66.5 Å². The zero-order chi connectivity index (χ0) is 44.7. The van der Waals surface area contributed by atoms with Gasteiger partial charge in [0.05, 0.1) is 17.1 Å². The van der Waals surface area contributed by atoms with Gasteiger partial charge in [0.2, 0.25) is 0 Å². The molecule has 330 valence electrons. The molecule has 0 bridgehead atoms. The van der Waals surface area contributed by atoms with E-state index in [9.17, 15) is 38.9 Å². The number of esters is 5. The third-order valence-corrected chi connectivity index (χ3v) is 9.87. The average molecular weight is 885 g/mol. The Morgan fingerprint density at radius 3 is 1.95 bits per heavy atom. The van der Waals surface area contributed by atoms with Gasteiger partial charge < -0.3 is 52.7 Å². The quantitative estimate of drug-likeness (QED) is 0.112. The second kappa shape index (κ2) is 20.2. The molecule has 0 aliphatic carbocycles. The second-order valence-electron chi connectivity index (χ2n) is 14.1. The van der Waals surface area contributed by atoms with E-state index in [2.05, 4.69) is 5.32 Å². The monoisotopic (exact) mass is 884 g/mol. The van der Waals surface area contributed by atoms with Gasteiger partial charge in [0.25, 0.3) is 11.6 Å². The Hall–Kier alpha value is -6.03. The van der Waals surface area contributed by atoms with Crippen LogP contribution in [0.15, 0.2) is 78.9 Å². The maximum Gasteiger partial charge on any atom is 0.338 e. The van der Waals surface area contributed by atoms with Gasteiger partial charge in [0, 0.05) is 44.9 Å². The van der Waals surface area contributed by atoms with Crippen LogP contribution in [0.3, 0.4) is 0 Å². The highest BCUT2D eigenvalue weighted by molar-refractivity contribution is 6.32. The molecule has 1 amide bonds. The first-order chi connectivity index (χ1) is 29.6. The summed E-state index contributed by atoms with van der Waals surface area (Å²) in [5.74, 6) is -5.36. The van der Waals surface area contributed by atoms with Gasteiger partial charge in [-0.15, -0.1) is 0 Å². The number of nitro benzene ring substituents is 1. The molecule has 0 unspecified atom stereocenters. The zero-order valence-corrected chi connectivity index (χ0v) is 34.2. The van der Waals surface area contributed by atoms with Crippen LogP contribution in [0.5, 0.6) is 0 Å². The molecule has 3 aromatic rings. The predicted octanol–water partition coefficient (Wildman–Crippen LogP) is 3.51. The summed E-state index contributed by atoms with van der Waals surface area (Å²) in [5, 5.41) is 13.8. The number of ether oxygens (including phenoxy) is 10. The number of fused-ring (bicyclic) bond motifs is 1. The predicted molar refractivity (Wildman–Crippen MR) is 207 cm³/mol. The minimum absolute atomic E-state index is 0.135. The molecular weight excluding hydrogens is 844 g/mol. The van der Waals surface area contributed by atoms with Crippen LogP contribution in [0, 0.1) is 10.1 Å². The Morgan fingerprint density at radius 1 is 0.726 bits per heavy atom. The molecule has 20 nitrogen and oxygen atoms in total. The van der Waals surface area contributed by atoms with Gasteiger partial charge in [-0.3, -0.25) is 34.1 Å². The van der Waals surface area contributed by atoms with E-state index in [1.807, 2.05) is 0 Å². The van der Waals surface area contributed by atoms with Crippen LogP contribution in [0.25, 0.3) is 0 Å². The molecule has 3 saturated heterocycles. The van der Waals surface area contributed by atoms with Gasteiger partial charge in [0.15, 0.2) is 43.2 Å². The molecule has 3 aromatic carbocycles. The Kier molecular flexibility index (Phi) is 14.8. The van der Waals surface area contributed by atoms with E-state index >= 15 is 0 Å². The third kappa shape index (κ3) is 11.1. The number of hydrogen-bond acceptors (Lipinski definition) is 18. The van der Waals surface area contributed by atoms with Gasteiger partial charge >= 0.3 is 29.8 Å². The third-order valence-electron chi connectivity index (χ3n) is 9.56. The Morgan fingerprint density at radius 2 is 1.32 bits per heavy atom. The van der Waals surface area contributed by atoms with Crippen molar-refractivity contribution in [3.63, 3.8) is 0 Å². The lowest BCUT2D eigenvalue weighted by atomic mass is 9.95. The Balaban J connectivity index is 1.38. The minimum Gasteiger partial charge on any atom is -0.459 e. The number of amides is 1. The number of hydrogen-bond donors (Lipinski definition) is 1. The highest BCUT2D eigenvalue weighted by Crippen LogP contribution is 2.39. The maximum atomic E-state index is 13.7. The molecule has 0 spiro atoms. The number of nitro groups is 1. The van der Waals surface area contributed by atoms with E-state index in [4.69, 9.17) is 59.0 Å². The summed E-state index contributed by atoms with van der Waals surface area (Å²) < 4.78 is 59.7. The van der Waals surface area contributed by atoms with Crippen molar-refractivity contribution in [3.8, 4) is 0 Å². The van der Waals surface area contributed by atoms with Gasteiger partial charge in [0.1, 0.15) is 36.0 Å². The molecule has 1 N–H and O–H groups in total. The molecule has 0 saturated carbocycles. The fourth-order valence-corrected chi connectivity index (χ4v) is 7.22. The molecule has 0 aromatic heterocycles. The molecule has 3 heterocycles. The normalized spacial score (nSPS) is 27.9. The topological polar surface area (TPSA) is 250 Å². The molecule has 11 atom stereocenters. The Labute approximate surface area is 358 Å². The van der Waals surface area contributed by atoms with E-state index in [-0.39, 0.29) is 22.8 Å². The summed E-state index contributed by atoms with van der Waals surface area (Å²) in [7, 11) is 0. The fourth-order valence-electron chi connectivity index (χ4n) is 7.03. The molecule has 3 aliphatic rings. The maximum absolute atomic E-state index is 13.7. The van der Waals surface area contributed by atoms with E-state index in [1.165, 1.54) is 18.2 Å². The highest BCUT2D eigenvalue weighted by atomic mass is 35.5. The van der Waals surface area contributed by atoms with Crippen LogP contribution < -0.4 is 5.32 Å². The SMILES string of the molecule is CC(=O)O[C@@H]1[C@@H](OC(C)=O)[C@H](NC(=O)c2ccc(Cl)c([N+](=O)[O-])c2)O[C@H](COC(=O)c2ccccc2)[C@H]1O[C@H]1O[C@@H]2CO[C@@H](c3ccccc3)O[C@H]2[C@H](OC(C)=O)[C@H]1OC(C)=O. The van der Waals surface area contributed by atoms with Crippen LogP contribution in [0.4, 0.5) is 5.69 Å². The highest BCUT2D eigenvalue weighted by Gasteiger charge is 2.58. The molecule has 21 heteroatoms. The molecular formula is C41H41ClN2O18. The molecule has 6 rings (SSSR count). The number of carbonyl (C=O) groups excluding carboxylic acids is 6.